The van der Waals surface area contributed by atoms with Crippen molar-refractivity contribution in [2.24, 2.45) is 0 Å². The van der Waals surface area contributed by atoms with E-state index in [1.54, 1.807) is 13.2 Å². The van der Waals surface area contributed by atoms with Crippen molar-refractivity contribution in [2.45, 2.75) is 19.5 Å². The van der Waals surface area contributed by atoms with E-state index in [2.05, 4.69) is 5.32 Å². The Kier molecular flexibility index (Phi) is 4.69. The summed E-state index contributed by atoms with van der Waals surface area (Å²) in [7, 11) is 1.61. The summed E-state index contributed by atoms with van der Waals surface area (Å²) in [6.45, 7) is 2.23. The smallest absolute Gasteiger partial charge is 0.163 e. The fraction of sp³-hybridized carbons (Fsp3) is 0.250. The molecule has 1 atom stereocenters. The zero-order valence-corrected chi connectivity index (χ0v) is 11.5. The first-order valence-corrected chi connectivity index (χ1v) is 6.42. The fourth-order valence-electron chi connectivity index (χ4n) is 1.98. The van der Waals surface area contributed by atoms with Crippen LogP contribution >= 0.6 is 0 Å². The molecule has 0 spiro atoms. The van der Waals surface area contributed by atoms with Gasteiger partial charge in [0.15, 0.2) is 11.6 Å². The van der Waals surface area contributed by atoms with Crippen LogP contribution in [0, 0.1) is 11.6 Å². The predicted molar refractivity (Wildman–Crippen MR) is 74.6 cm³/mol. The third-order valence-corrected chi connectivity index (χ3v) is 3.22. The van der Waals surface area contributed by atoms with Gasteiger partial charge in [-0.05, 0) is 30.7 Å². The maximum Gasteiger partial charge on any atom is 0.163 e. The maximum atomic E-state index is 13.5. The minimum Gasteiger partial charge on any atom is -0.497 e. The Labute approximate surface area is 117 Å². The molecule has 0 saturated heterocycles. The number of halogens is 2. The second-order valence-electron chi connectivity index (χ2n) is 4.59. The standard InChI is InChI=1S/C16H17F2NO/c1-11(12-5-3-7-14(9-12)20-2)19-10-13-6-4-8-15(17)16(13)18/h3-9,11,19H,10H2,1-2H3. The van der Waals surface area contributed by atoms with Crippen LogP contribution in [0.25, 0.3) is 0 Å². The molecule has 2 aromatic carbocycles. The van der Waals surface area contributed by atoms with Crippen molar-refractivity contribution in [3.63, 3.8) is 0 Å². The van der Waals surface area contributed by atoms with Gasteiger partial charge >= 0.3 is 0 Å². The van der Waals surface area contributed by atoms with Gasteiger partial charge in [-0.3, -0.25) is 0 Å². The molecule has 20 heavy (non-hydrogen) atoms. The van der Waals surface area contributed by atoms with E-state index in [4.69, 9.17) is 4.74 Å². The van der Waals surface area contributed by atoms with E-state index >= 15 is 0 Å². The van der Waals surface area contributed by atoms with E-state index in [9.17, 15) is 8.78 Å². The lowest BCUT2D eigenvalue weighted by Gasteiger charge is -2.15. The summed E-state index contributed by atoms with van der Waals surface area (Å²) in [5.74, 6) is -0.843. The van der Waals surface area contributed by atoms with Gasteiger partial charge in [0, 0.05) is 18.2 Å². The molecule has 0 saturated carbocycles. The van der Waals surface area contributed by atoms with Gasteiger partial charge < -0.3 is 10.1 Å². The number of nitrogens with one attached hydrogen (secondary N) is 1. The van der Waals surface area contributed by atoms with E-state index in [1.165, 1.54) is 6.07 Å². The highest BCUT2D eigenvalue weighted by molar-refractivity contribution is 5.30. The Morgan fingerprint density at radius 2 is 1.90 bits per heavy atom. The Morgan fingerprint density at radius 1 is 1.15 bits per heavy atom. The van der Waals surface area contributed by atoms with Crippen molar-refractivity contribution >= 4 is 0 Å². The second kappa shape index (κ2) is 6.48. The minimum absolute atomic E-state index is 0.00719. The normalized spacial score (nSPS) is 12.2. The summed E-state index contributed by atoms with van der Waals surface area (Å²) in [4.78, 5) is 0. The molecule has 1 unspecified atom stereocenters. The highest BCUT2D eigenvalue weighted by Gasteiger charge is 2.10. The molecule has 106 valence electrons. The Hall–Kier alpha value is -1.94. The summed E-state index contributed by atoms with van der Waals surface area (Å²) in [6, 6.07) is 11.8. The van der Waals surface area contributed by atoms with Crippen molar-refractivity contribution < 1.29 is 13.5 Å². The molecule has 0 fully saturated rings. The lowest BCUT2D eigenvalue weighted by atomic mass is 10.1. The van der Waals surface area contributed by atoms with Crippen LogP contribution in [0.3, 0.4) is 0 Å². The number of hydrogen-bond donors (Lipinski definition) is 1. The average molecular weight is 277 g/mol. The summed E-state index contributed by atoms with van der Waals surface area (Å²) in [5.41, 5.74) is 1.35. The van der Waals surface area contributed by atoms with E-state index in [-0.39, 0.29) is 12.6 Å². The van der Waals surface area contributed by atoms with Crippen LogP contribution in [-0.2, 0) is 6.54 Å². The Bertz CT molecular complexity index is 586. The van der Waals surface area contributed by atoms with Crippen molar-refractivity contribution in [3.8, 4) is 5.75 Å². The molecule has 2 aromatic rings. The van der Waals surface area contributed by atoms with Crippen LogP contribution < -0.4 is 10.1 Å². The molecule has 0 aliphatic rings. The van der Waals surface area contributed by atoms with Gasteiger partial charge in [-0.1, -0.05) is 24.3 Å². The molecule has 0 aliphatic heterocycles. The lowest BCUT2D eigenvalue weighted by molar-refractivity contribution is 0.413. The topological polar surface area (TPSA) is 21.3 Å². The van der Waals surface area contributed by atoms with Gasteiger partial charge in [-0.25, -0.2) is 8.78 Å². The molecule has 4 heteroatoms. The first kappa shape index (κ1) is 14.5. The lowest BCUT2D eigenvalue weighted by Crippen LogP contribution is -2.19. The zero-order valence-electron chi connectivity index (χ0n) is 11.5. The summed E-state index contributed by atoms with van der Waals surface area (Å²) < 4.78 is 31.8. The zero-order chi connectivity index (χ0) is 14.5. The first-order valence-electron chi connectivity index (χ1n) is 6.42. The fourth-order valence-corrected chi connectivity index (χ4v) is 1.98. The molecule has 0 aromatic heterocycles. The largest absolute Gasteiger partial charge is 0.497 e. The van der Waals surface area contributed by atoms with Crippen LogP contribution in [0.4, 0.5) is 8.78 Å². The van der Waals surface area contributed by atoms with Crippen LogP contribution in [0.15, 0.2) is 42.5 Å². The molecule has 1 N–H and O–H groups in total. The number of benzene rings is 2. The third kappa shape index (κ3) is 3.33. The van der Waals surface area contributed by atoms with Gasteiger partial charge in [0.05, 0.1) is 7.11 Å². The van der Waals surface area contributed by atoms with E-state index in [0.29, 0.717) is 5.56 Å². The monoisotopic (exact) mass is 277 g/mol. The average Bonchev–Trinajstić information content (AvgIpc) is 2.48. The van der Waals surface area contributed by atoms with Crippen molar-refractivity contribution in [1.82, 2.24) is 5.32 Å². The number of rotatable bonds is 5. The number of methoxy groups -OCH3 is 1. The first-order chi connectivity index (χ1) is 9.61. The molecular weight excluding hydrogens is 260 g/mol. The van der Waals surface area contributed by atoms with Gasteiger partial charge in [0.1, 0.15) is 5.75 Å². The molecule has 0 radical (unpaired) electrons. The van der Waals surface area contributed by atoms with Crippen LogP contribution in [-0.4, -0.2) is 7.11 Å². The third-order valence-electron chi connectivity index (χ3n) is 3.22. The van der Waals surface area contributed by atoms with Crippen molar-refractivity contribution in [3.05, 3.63) is 65.2 Å². The number of hydrogen-bond acceptors (Lipinski definition) is 2. The van der Waals surface area contributed by atoms with Gasteiger partial charge in [0.2, 0.25) is 0 Å². The highest BCUT2D eigenvalue weighted by Crippen LogP contribution is 2.19. The molecule has 0 heterocycles. The summed E-state index contributed by atoms with van der Waals surface area (Å²) in [5, 5.41) is 3.17. The molecule has 0 bridgehead atoms. The molecular formula is C16H17F2NO. The van der Waals surface area contributed by atoms with Gasteiger partial charge in [0.25, 0.3) is 0 Å². The maximum absolute atomic E-state index is 13.5. The molecule has 2 rings (SSSR count). The molecule has 2 nitrogen and oxygen atoms in total. The quantitative estimate of drug-likeness (QED) is 0.897. The minimum atomic E-state index is -0.821. The molecule has 0 aliphatic carbocycles. The van der Waals surface area contributed by atoms with E-state index in [0.717, 1.165) is 17.4 Å². The van der Waals surface area contributed by atoms with E-state index < -0.39 is 11.6 Å². The van der Waals surface area contributed by atoms with Gasteiger partial charge in [-0.2, -0.15) is 0 Å². The van der Waals surface area contributed by atoms with Gasteiger partial charge in [-0.15, -0.1) is 0 Å². The van der Waals surface area contributed by atoms with Crippen molar-refractivity contribution in [2.75, 3.05) is 7.11 Å². The Morgan fingerprint density at radius 3 is 2.65 bits per heavy atom. The second-order valence-corrected chi connectivity index (χ2v) is 4.59. The van der Waals surface area contributed by atoms with E-state index in [1.807, 2.05) is 31.2 Å². The van der Waals surface area contributed by atoms with Crippen molar-refractivity contribution in [1.29, 1.82) is 0 Å². The van der Waals surface area contributed by atoms with Crippen LogP contribution in [0.2, 0.25) is 0 Å². The number of ether oxygens (including phenoxy) is 1. The Balaban J connectivity index is 2.04. The van der Waals surface area contributed by atoms with Crippen LogP contribution in [0.5, 0.6) is 5.75 Å². The summed E-state index contributed by atoms with van der Waals surface area (Å²) in [6.07, 6.45) is 0. The highest BCUT2D eigenvalue weighted by atomic mass is 19.2. The predicted octanol–water partition coefficient (Wildman–Crippen LogP) is 3.82. The SMILES string of the molecule is COc1cccc(C(C)NCc2cccc(F)c2F)c1. The van der Waals surface area contributed by atoms with Crippen LogP contribution in [0.1, 0.15) is 24.1 Å². The molecule has 0 amide bonds. The summed E-state index contributed by atoms with van der Waals surface area (Å²) >= 11 is 0.